The number of carbonyl (C=O) groups is 2. The largest absolute Gasteiger partial charge is 0.476 e. The molecular weight excluding hydrogens is 264 g/mol. The third-order valence-corrected chi connectivity index (χ3v) is 4.34. The van der Waals surface area contributed by atoms with Gasteiger partial charge in [-0.3, -0.25) is 4.79 Å². The molecule has 1 heterocycles. The van der Waals surface area contributed by atoms with Crippen LogP contribution in [0.2, 0.25) is 0 Å². The van der Waals surface area contributed by atoms with Gasteiger partial charge in [0.2, 0.25) is 5.91 Å². The summed E-state index contributed by atoms with van der Waals surface area (Å²) in [5.41, 5.74) is 0.0799. The summed E-state index contributed by atoms with van der Waals surface area (Å²) in [5, 5.41) is 13.9. The van der Waals surface area contributed by atoms with Crippen molar-refractivity contribution in [3.8, 4) is 0 Å². The molecule has 2 N–H and O–H groups in total. The zero-order chi connectivity index (χ0) is 13.7. The van der Waals surface area contributed by atoms with Crippen LogP contribution in [0.5, 0.6) is 0 Å². The first-order valence-electron chi connectivity index (χ1n) is 6.59. The number of carbonyl (C=O) groups excluding carboxylic acids is 1. The number of hydrogen-bond donors (Lipinski definition) is 2. The third-order valence-electron chi connectivity index (χ3n) is 3.44. The summed E-state index contributed by atoms with van der Waals surface area (Å²) < 4.78 is 0. The lowest BCUT2D eigenvalue weighted by atomic mass is 9.82. The predicted molar refractivity (Wildman–Crippen MR) is 72.4 cm³/mol. The molecule has 6 heteroatoms. The first kappa shape index (κ1) is 14.0. The second kappa shape index (κ2) is 6.65. The maximum Gasteiger partial charge on any atom is 0.355 e. The van der Waals surface area contributed by atoms with Gasteiger partial charge in [0.1, 0.15) is 0 Å². The second-order valence-electron chi connectivity index (χ2n) is 4.87. The lowest BCUT2D eigenvalue weighted by Gasteiger charge is -2.24. The number of aromatic carboxylic acids is 1. The van der Waals surface area contributed by atoms with Crippen LogP contribution in [0.15, 0.2) is 5.38 Å². The van der Waals surface area contributed by atoms with E-state index in [1.165, 1.54) is 36.0 Å². The Morgan fingerprint density at radius 3 is 2.84 bits per heavy atom. The Labute approximate surface area is 116 Å². The Bertz CT molecular complexity index is 454. The van der Waals surface area contributed by atoms with Crippen molar-refractivity contribution in [3.05, 3.63) is 16.1 Å². The van der Waals surface area contributed by atoms with E-state index in [1.54, 1.807) is 0 Å². The molecule has 1 saturated carbocycles. The van der Waals surface area contributed by atoms with E-state index in [2.05, 4.69) is 10.3 Å². The van der Waals surface area contributed by atoms with Crippen LogP contribution >= 0.6 is 11.3 Å². The fourth-order valence-electron chi connectivity index (χ4n) is 2.04. The summed E-state index contributed by atoms with van der Waals surface area (Å²) in [4.78, 5) is 26.2. The van der Waals surface area contributed by atoms with Gasteiger partial charge in [0.25, 0.3) is 0 Å². The third kappa shape index (κ3) is 4.31. The molecule has 1 aromatic rings. The Hall–Kier alpha value is -1.43. The molecule has 2 rings (SSSR count). The van der Waals surface area contributed by atoms with E-state index in [0.29, 0.717) is 19.4 Å². The summed E-state index contributed by atoms with van der Waals surface area (Å²) in [6.45, 7) is 0.524. The monoisotopic (exact) mass is 282 g/mol. The van der Waals surface area contributed by atoms with Crippen LogP contribution in [0, 0.1) is 5.92 Å². The second-order valence-corrected chi connectivity index (χ2v) is 5.81. The predicted octanol–water partition coefficient (Wildman–Crippen LogP) is 2.08. The lowest BCUT2D eigenvalue weighted by Crippen LogP contribution is -2.26. The normalized spacial score (nSPS) is 14.9. The number of carboxylic acid groups (broad SMARTS) is 1. The lowest BCUT2D eigenvalue weighted by molar-refractivity contribution is -0.121. The van der Waals surface area contributed by atoms with E-state index in [9.17, 15) is 9.59 Å². The number of nitrogens with one attached hydrogen (secondary N) is 1. The molecule has 1 aliphatic carbocycles. The minimum atomic E-state index is -1.01. The van der Waals surface area contributed by atoms with Gasteiger partial charge in [-0.2, -0.15) is 0 Å². The van der Waals surface area contributed by atoms with Crippen LogP contribution in [-0.2, 0) is 11.2 Å². The van der Waals surface area contributed by atoms with Crippen molar-refractivity contribution in [2.24, 2.45) is 5.92 Å². The van der Waals surface area contributed by atoms with Crippen molar-refractivity contribution in [3.63, 3.8) is 0 Å². The number of aromatic nitrogens is 1. The van der Waals surface area contributed by atoms with E-state index >= 15 is 0 Å². The minimum Gasteiger partial charge on any atom is -0.476 e. The number of carboxylic acids is 1. The summed E-state index contributed by atoms with van der Waals surface area (Å²) in [7, 11) is 0. The molecule has 5 nitrogen and oxygen atoms in total. The maximum atomic E-state index is 11.6. The first-order chi connectivity index (χ1) is 9.15. The number of amides is 1. The van der Waals surface area contributed by atoms with Crippen molar-refractivity contribution < 1.29 is 14.7 Å². The van der Waals surface area contributed by atoms with Crippen molar-refractivity contribution in [2.75, 3.05) is 6.54 Å². The van der Waals surface area contributed by atoms with E-state index in [4.69, 9.17) is 5.11 Å². The first-order valence-corrected chi connectivity index (χ1v) is 7.47. The van der Waals surface area contributed by atoms with Crippen LogP contribution in [0.3, 0.4) is 0 Å². The van der Waals surface area contributed by atoms with Gasteiger partial charge in [-0.15, -0.1) is 11.3 Å². The Balaban J connectivity index is 1.61. The molecule has 0 unspecified atom stereocenters. The van der Waals surface area contributed by atoms with Gasteiger partial charge in [0, 0.05) is 24.8 Å². The summed E-state index contributed by atoms with van der Waals surface area (Å²) >= 11 is 1.32. The van der Waals surface area contributed by atoms with Crippen molar-refractivity contribution in [1.82, 2.24) is 10.3 Å². The van der Waals surface area contributed by atoms with Crippen molar-refractivity contribution in [1.29, 1.82) is 0 Å². The molecule has 0 atom stereocenters. The number of hydrogen-bond acceptors (Lipinski definition) is 4. The average molecular weight is 282 g/mol. The quantitative estimate of drug-likeness (QED) is 0.802. The molecule has 0 bridgehead atoms. The molecular formula is C13H18N2O3S. The molecule has 0 aliphatic heterocycles. The zero-order valence-corrected chi connectivity index (χ0v) is 11.5. The Morgan fingerprint density at radius 1 is 1.47 bits per heavy atom. The van der Waals surface area contributed by atoms with Gasteiger partial charge in [0.05, 0.1) is 5.01 Å². The van der Waals surface area contributed by atoms with Crippen molar-refractivity contribution >= 4 is 23.2 Å². The van der Waals surface area contributed by atoms with Gasteiger partial charge < -0.3 is 10.4 Å². The fraction of sp³-hybridized carbons (Fsp3) is 0.615. The van der Waals surface area contributed by atoms with Crippen LogP contribution in [0.25, 0.3) is 0 Å². The highest BCUT2D eigenvalue weighted by atomic mass is 32.1. The molecule has 19 heavy (non-hydrogen) atoms. The number of rotatable bonds is 7. The molecule has 1 aromatic heterocycles. The summed E-state index contributed by atoms with van der Waals surface area (Å²) in [5.74, 6) is -0.170. The highest BCUT2D eigenvalue weighted by molar-refractivity contribution is 7.09. The fourth-order valence-corrected chi connectivity index (χ4v) is 2.81. The van der Waals surface area contributed by atoms with Crippen LogP contribution in [0.4, 0.5) is 0 Å². The van der Waals surface area contributed by atoms with E-state index in [1.807, 2.05) is 0 Å². The molecule has 1 fully saturated rings. The molecule has 1 amide bonds. The molecule has 0 saturated heterocycles. The number of thiazole rings is 1. The van der Waals surface area contributed by atoms with Crippen LogP contribution in [0.1, 0.15) is 47.6 Å². The average Bonchev–Trinajstić information content (AvgIpc) is 2.76. The standard InChI is InChI=1S/C13H18N2O3S/c16-11(5-4-9-2-1-3-9)14-7-6-12-15-10(8-19-12)13(17)18/h8-9H,1-7H2,(H,14,16)(H,17,18). The summed E-state index contributed by atoms with van der Waals surface area (Å²) in [6.07, 6.45) is 6.03. The van der Waals surface area contributed by atoms with Crippen LogP contribution < -0.4 is 5.32 Å². The molecule has 104 valence electrons. The highest BCUT2D eigenvalue weighted by Crippen LogP contribution is 2.30. The molecule has 1 aliphatic rings. The van der Waals surface area contributed by atoms with E-state index < -0.39 is 5.97 Å². The highest BCUT2D eigenvalue weighted by Gasteiger charge is 2.18. The molecule has 0 aromatic carbocycles. The summed E-state index contributed by atoms with van der Waals surface area (Å²) in [6, 6.07) is 0. The topological polar surface area (TPSA) is 79.3 Å². The van der Waals surface area contributed by atoms with E-state index in [-0.39, 0.29) is 11.6 Å². The Morgan fingerprint density at radius 2 is 2.26 bits per heavy atom. The van der Waals surface area contributed by atoms with Gasteiger partial charge in [-0.25, -0.2) is 9.78 Å². The van der Waals surface area contributed by atoms with Gasteiger partial charge in [-0.1, -0.05) is 19.3 Å². The van der Waals surface area contributed by atoms with Gasteiger partial charge in [-0.05, 0) is 12.3 Å². The van der Waals surface area contributed by atoms with Gasteiger partial charge >= 0.3 is 5.97 Å². The zero-order valence-electron chi connectivity index (χ0n) is 10.7. The van der Waals surface area contributed by atoms with Crippen molar-refractivity contribution in [2.45, 2.75) is 38.5 Å². The molecule has 0 spiro atoms. The van der Waals surface area contributed by atoms with Crippen LogP contribution in [-0.4, -0.2) is 28.5 Å². The smallest absolute Gasteiger partial charge is 0.355 e. The maximum absolute atomic E-state index is 11.6. The minimum absolute atomic E-state index is 0.0799. The Kier molecular flexibility index (Phi) is 4.90. The van der Waals surface area contributed by atoms with Gasteiger partial charge in [0.15, 0.2) is 5.69 Å². The molecule has 0 radical (unpaired) electrons. The van der Waals surface area contributed by atoms with E-state index in [0.717, 1.165) is 17.3 Å². The number of nitrogens with zero attached hydrogens (tertiary/aromatic N) is 1. The SMILES string of the molecule is O=C(CCC1CCC1)NCCc1nc(C(=O)O)cs1.